The van der Waals surface area contributed by atoms with Gasteiger partial charge in [0.15, 0.2) is 11.5 Å². The third-order valence-electron chi connectivity index (χ3n) is 5.69. The minimum Gasteiger partial charge on any atom is -0.490 e. The first-order valence-corrected chi connectivity index (χ1v) is 11.1. The highest BCUT2D eigenvalue weighted by Crippen LogP contribution is 2.41. The van der Waals surface area contributed by atoms with Crippen molar-refractivity contribution in [2.75, 3.05) is 13.2 Å². The van der Waals surface area contributed by atoms with Crippen LogP contribution >= 0.6 is 15.9 Å². The zero-order chi connectivity index (χ0) is 21.3. The van der Waals surface area contributed by atoms with Crippen LogP contribution in [-0.2, 0) is 23.3 Å². The third kappa shape index (κ3) is 3.45. The molecule has 1 spiro atoms. The van der Waals surface area contributed by atoms with Crippen LogP contribution in [0.4, 0.5) is 4.79 Å². The number of rotatable bonds is 6. The Labute approximate surface area is 184 Å². The highest BCUT2D eigenvalue weighted by Gasteiger charge is 2.53. The number of carbonyl (C=O) groups excluding carboxylic acids is 2. The van der Waals surface area contributed by atoms with E-state index in [9.17, 15) is 9.59 Å². The monoisotopic (exact) mass is 472 g/mol. The van der Waals surface area contributed by atoms with Crippen molar-refractivity contribution in [3.8, 4) is 11.5 Å². The molecule has 7 heteroatoms. The fourth-order valence-corrected chi connectivity index (χ4v) is 4.81. The number of benzene rings is 2. The van der Waals surface area contributed by atoms with Gasteiger partial charge in [0, 0.05) is 4.47 Å². The van der Waals surface area contributed by atoms with Gasteiger partial charge in [0.25, 0.3) is 5.91 Å². The fraction of sp³-hybridized carbons (Fsp3) is 0.391. The number of ether oxygens (including phenoxy) is 2. The minimum atomic E-state index is -0.966. The van der Waals surface area contributed by atoms with Crippen molar-refractivity contribution in [1.82, 2.24) is 10.2 Å². The number of amides is 3. The Kier molecular flexibility index (Phi) is 5.73. The molecule has 1 fully saturated rings. The quantitative estimate of drug-likeness (QED) is 0.627. The molecule has 0 bridgehead atoms. The molecule has 1 aliphatic heterocycles. The van der Waals surface area contributed by atoms with E-state index in [2.05, 4.69) is 21.2 Å². The van der Waals surface area contributed by atoms with Crippen molar-refractivity contribution in [2.45, 2.75) is 45.2 Å². The van der Waals surface area contributed by atoms with E-state index in [1.54, 1.807) is 0 Å². The molecule has 0 unspecified atom stereocenters. The van der Waals surface area contributed by atoms with Crippen LogP contribution in [0.5, 0.6) is 11.5 Å². The van der Waals surface area contributed by atoms with Crippen LogP contribution < -0.4 is 14.8 Å². The summed E-state index contributed by atoms with van der Waals surface area (Å²) in [4.78, 5) is 27.7. The number of imide groups is 1. The van der Waals surface area contributed by atoms with Gasteiger partial charge in [-0.1, -0.05) is 40.2 Å². The zero-order valence-electron chi connectivity index (χ0n) is 17.2. The molecule has 6 nitrogen and oxygen atoms in total. The van der Waals surface area contributed by atoms with Crippen molar-refractivity contribution in [1.29, 1.82) is 0 Å². The normalized spacial score (nSPS) is 20.3. The first-order valence-electron chi connectivity index (χ1n) is 10.3. The molecule has 2 aromatic carbocycles. The Bertz CT molecular complexity index is 993. The van der Waals surface area contributed by atoms with Crippen LogP contribution in [0, 0.1) is 0 Å². The number of hydrogen-bond donors (Lipinski definition) is 1. The van der Waals surface area contributed by atoms with E-state index >= 15 is 0 Å². The van der Waals surface area contributed by atoms with Gasteiger partial charge < -0.3 is 14.8 Å². The average Bonchev–Trinajstić information content (AvgIpc) is 2.96. The smallest absolute Gasteiger partial charge is 0.325 e. The van der Waals surface area contributed by atoms with Gasteiger partial charge >= 0.3 is 6.03 Å². The van der Waals surface area contributed by atoms with E-state index in [1.807, 2.05) is 50.2 Å². The molecular weight excluding hydrogens is 448 g/mol. The molecule has 0 aromatic heterocycles. The lowest BCUT2D eigenvalue weighted by molar-refractivity contribution is -0.132. The minimum absolute atomic E-state index is 0.154. The maximum Gasteiger partial charge on any atom is 0.325 e. The van der Waals surface area contributed by atoms with Crippen molar-refractivity contribution in [2.24, 2.45) is 0 Å². The summed E-state index contributed by atoms with van der Waals surface area (Å²) in [5.74, 6) is 1.03. The van der Waals surface area contributed by atoms with Crippen molar-refractivity contribution < 1.29 is 19.1 Å². The topological polar surface area (TPSA) is 67.9 Å². The summed E-state index contributed by atoms with van der Waals surface area (Å²) in [6.45, 7) is 4.97. The first kappa shape index (κ1) is 20.7. The maximum atomic E-state index is 13.5. The average molecular weight is 473 g/mol. The lowest BCUT2D eigenvalue weighted by Crippen LogP contribution is -2.46. The third-order valence-corrected chi connectivity index (χ3v) is 6.43. The van der Waals surface area contributed by atoms with E-state index in [1.165, 1.54) is 4.90 Å². The van der Waals surface area contributed by atoms with Gasteiger partial charge in [-0.15, -0.1) is 0 Å². The van der Waals surface area contributed by atoms with Crippen LogP contribution in [0.25, 0.3) is 0 Å². The fourth-order valence-electron chi connectivity index (χ4n) is 4.36. The number of fused-ring (bicyclic) bond motifs is 2. The molecule has 1 atom stereocenters. The molecule has 0 saturated carbocycles. The van der Waals surface area contributed by atoms with E-state index in [0.717, 1.165) is 34.0 Å². The maximum absolute atomic E-state index is 13.5. The summed E-state index contributed by atoms with van der Waals surface area (Å²) in [6.07, 6.45) is 2.39. The Morgan fingerprint density at radius 3 is 2.53 bits per heavy atom. The SMILES string of the molecule is CCOc1cc(Br)c(CN2C(=O)N[C@@]3(CCCc4ccccc43)C2=O)cc1OCC. The van der Waals surface area contributed by atoms with Gasteiger partial charge in [-0.2, -0.15) is 0 Å². The Morgan fingerprint density at radius 1 is 1.10 bits per heavy atom. The standard InChI is InChI=1S/C23H25BrN2O4/c1-3-29-19-12-16(18(24)13-20(19)30-4-2)14-26-21(27)23(25-22(26)28)11-7-9-15-8-5-6-10-17(15)23/h5-6,8,10,12-13H,3-4,7,9,11,14H2,1-2H3,(H,25,28)/t23-/m1/s1. The summed E-state index contributed by atoms with van der Waals surface area (Å²) in [6, 6.07) is 11.2. The van der Waals surface area contributed by atoms with Gasteiger partial charge in [-0.25, -0.2) is 4.79 Å². The molecule has 1 saturated heterocycles. The van der Waals surface area contributed by atoms with Crippen molar-refractivity contribution in [3.63, 3.8) is 0 Å². The predicted octanol–water partition coefficient (Wildman–Crippen LogP) is 4.53. The molecule has 1 heterocycles. The molecule has 1 N–H and O–H groups in total. The lowest BCUT2D eigenvalue weighted by atomic mass is 9.76. The molecule has 1 aliphatic carbocycles. The number of halogens is 1. The summed E-state index contributed by atoms with van der Waals surface area (Å²) < 4.78 is 12.1. The van der Waals surface area contributed by atoms with Gasteiger partial charge in [0.05, 0.1) is 19.8 Å². The summed E-state index contributed by atoms with van der Waals surface area (Å²) in [5.41, 5.74) is 1.86. The van der Waals surface area contributed by atoms with Crippen molar-refractivity contribution in [3.05, 3.63) is 57.6 Å². The van der Waals surface area contributed by atoms with Crippen LogP contribution in [0.15, 0.2) is 40.9 Å². The first-order chi connectivity index (χ1) is 14.5. The lowest BCUT2D eigenvalue weighted by Gasteiger charge is -2.33. The van der Waals surface area contributed by atoms with E-state index in [4.69, 9.17) is 9.47 Å². The van der Waals surface area contributed by atoms with Crippen LogP contribution in [0.2, 0.25) is 0 Å². The predicted molar refractivity (Wildman–Crippen MR) is 117 cm³/mol. The highest BCUT2D eigenvalue weighted by atomic mass is 79.9. The highest BCUT2D eigenvalue weighted by molar-refractivity contribution is 9.10. The molecule has 4 rings (SSSR count). The number of nitrogens with zero attached hydrogens (tertiary/aromatic N) is 1. The van der Waals surface area contributed by atoms with E-state index in [0.29, 0.717) is 31.1 Å². The van der Waals surface area contributed by atoms with E-state index < -0.39 is 5.54 Å². The zero-order valence-corrected chi connectivity index (χ0v) is 18.8. The Morgan fingerprint density at radius 2 is 1.80 bits per heavy atom. The number of nitrogens with one attached hydrogen (secondary N) is 1. The molecule has 158 valence electrons. The van der Waals surface area contributed by atoms with Crippen LogP contribution in [0.1, 0.15) is 43.4 Å². The largest absolute Gasteiger partial charge is 0.490 e. The molecule has 3 amide bonds. The summed E-state index contributed by atoms with van der Waals surface area (Å²) >= 11 is 3.56. The number of aryl methyl sites for hydroxylation is 1. The number of hydrogen-bond acceptors (Lipinski definition) is 4. The van der Waals surface area contributed by atoms with Gasteiger partial charge in [0.1, 0.15) is 5.54 Å². The molecular formula is C23H25BrN2O4. The molecule has 30 heavy (non-hydrogen) atoms. The second-order valence-electron chi connectivity index (χ2n) is 7.49. The summed E-state index contributed by atoms with van der Waals surface area (Å²) in [7, 11) is 0. The number of carbonyl (C=O) groups is 2. The Balaban J connectivity index is 1.66. The van der Waals surface area contributed by atoms with Gasteiger partial charge in [-0.3, -0.25) is 9.69 Å². The van der Waals surface area contributed by atoms with Crippen LogP contribution in [-0.4, -0.2) is 30.1 Å². The molecule has 2 aliphatic rings. The second-order valence-corrected chi connectivity index (χ2v) is 8.35. The Hall–Kier alpha value is -2.54. The van der Waals surface area contributed by atoms with Crippen molar-refractivity contribution >= 4 is 27.9 Å². The van der Waals surface area contributed by atoms with Gasteiger partial charge in [0.2, 0.25) is 0 Å². The summed E-state index contributed by atoms with van der Waals surface area (Å²) in [5, 5.41) is 3.00. The van der Waals surface area contributed by atoms with E-state index in [-0.39, 0.29) is 18.5 Å². The van der Waals surface area contributed by atoms with Gasteiger partial charge in [-0.05, 0) is 61.9 Å². The second kappa shape index (κ2) is 8.30. The molecule has 0 radical (unpaired) electrons. The molecule has 2 aromatic rings. The number of urea groups is 1. The van der Waals surface area contributed by atoms with Crippen LogP contribution in [0.3, 0.4) is 0 Å².